The van der Waals surface area contributed by atoms with E-state index in [0.29, 0.717) is 11.8 Å². The van der Waals surface area contributed by atoms with E-state index in [2.05, 4.69) is 67.9 Å². The van der Waals surface area contributed by atoms with Gasteiger partial charge in [0.15, 0.2) is 0 Å². The summed E-state index contributed by atoms with van der Waals surface area (Å²) in [6.45, 7) is 12.7. The van der Waals surface area contributed by atoms with Gasteiger partial charge in [-0.2, -0.15) is 0 Å². The zero-order valence-corrected chi connectivity index (χ0v) is 19.7. The fraction of sp³-hybridized carbons (Fsp3) is 0.462. The van der Waals surface area contributed by atoms with E-state index in [1.54, 1.807) is 0 Å². The number of benzene rings is 2. The molecule has 0 saturated heterocycles. The van der Waals surface area contributed by atoms with Crippen LogP contribution in [0.4, 0.5) is 5.69 Å². The quantitative estimate of drug-likeness (QED) is 0.511. The van der Waals surface area contributed by atoms with Crippen LogP contribution >= 0.6 is 0 Å². The summed E-state index contributed by atoms with van der Waals surface area (Å²) < 4.78 is 0. The van der Waals surface area contributed by atoms with Crippen molar-refractivity contribution in [3.05, 3.63) is 64.7 Å². The Bertz CT molecular complexity index is 854. The lowest BCUT2D eigenvalue weighted by molar-refractivity contribution is -0.123. The average Bonchev–Trinajstić information content (AvgIpc) is 2.74. The molecule has 0 saturated carbocycles. The first-order chi connectivity index (χ1) is 14.7. The second-order valence-corrected chi connectivity index (χ2v) is 8.67. The van der Waals surface area contributed by atoms with Gasteiger partial charge in [0.1, 0.15) is 0 Å². The molecule has 0 fully saturated rings. The number of rotatable bonds is 10. The minimum Gasteiger partial charge on any atom is -0.346 e. The van der Waals surface area contributed by atoms with E-state index < -0.39 is 0 Å². The van der Waals surface area contributed by atoms with Crippen LogP contribution in [0.2, 0.25) is 0 Å². The van der Waals surface area contributed by atoms with Gasteiger partial charge in [0.2, 0.25) is 11.8 Å². The van der Waals surface area contributed by atoms with Crippen molar-refractivity contribution in [1.82, 2.24) is 10.6 Å². The van der Waals surface area contributed by atoms with Gasteiger partial charge in [0.05, 0.1) is 13.1 Å². The predicted molar refractivity (Wildman–Crippen MR) is 128 cm³/mol. The highest BCUT2D eigenvalue weighted by atomic mass is 16.2. The first-order valence-corrected chi connectivity index (χ1v) is 11.2. The molecular weight excluding hydrogens is 386 g/mol. The average molecular weight is 424 g/mol. The number of carbonyl (C=O) groups is 2. The van der Waals surface area contributed by atoms with Crippen LogP contribution in [0.3, 0.4) is 0 Å². The zero-order valence-electron chi connectivity index (χ0n) is 19.7. The van der Waals surface area contributed by atoms with E-state index in [1.165, 1.54) is 11.1 Å². The molecule has 5 heteroatoms. The molecule has 0 aliphatic carbocycles. The second kappa shape index (κ2) is 11.7. The van der Waals surface area contributed by atoms with Crippen molar-refractivity contribution in [3.8, 4) is 0 Å². The number of aryl methyl sites for hydroxylation is 2. The molecule has 2 rings (SSSR count). The highest BCUT2D eigenvalue weighted by Gasteiger charge is 2.17. The number of anilines is 1. The van der Waals surface area contributed by atoms with Crippen molar-refractivity contribution in [2.24, 2.45) is 5.92 Å². The van der Waals surface area contributed by atoms with Gasteiger partial charge in [-0.1, -0.05) is 70.2 Å². The summed E-state index contributed by atoms with van der Waals surface area (Å²) in [5.74, 6) is 0.444. The molecule has 0 unspecified atom stereocenters. The largest absolute Gasteiger partial charge is 0.346 e. The van der Waals surface area contributed by atoms with Crippen molar-refractivity contribution in [2.75, 3.05) is 18.4 Å². The van der Waals surface area contributed by atoms with Crippen molar-refractivity contribution >= 4 is 17.5 Å². The number of hydrogen-bond donors (Lipinski definition) is 3. The Labute approximate surface area is 187 Å². The third kappa shape index (κ3) is 7.21. The molecule has 0 radical (unpaired) electrons. The van der Waals surface area contributed by atoms with Crippen molar-refractivity contribution < 1.29 is 9.59 Å². The minimum absolute atomic E-state index is 0.0514. The maximum Gasteiger partial charge on any atom is 0.243 e. The van der Waals surface area contributed by atoms with Gasteiger partial charge in [-0.05, 0) is 54.4 Å². The maximum atomic E-state index is 12.3. The number of hydrogen-bond acceptors (Lipinski definition) is 3. The van der Waals surface area contributed by atoms with Gasteiger partial charge in [0, 0.05) is 11.7 Å². The summed E-state index contributed by atoms with van der Waals surface area (Å²) in [5.41, 5.74) is 5.31. The SMILES string of the molecule is CC[C@H](C)c1ccc([C@H](NCC(=O)NCC(=O)Nc2c(C)cccc2C)C(C)C)cc1. The van der Waals surface area contributed by atoms with E-state index >= 15 is 0 Å². The van der Waals surface area contributed by atoms with E-state index in [-0.39, 0.29) is 30.9 Å². The van der Waals surface area contributed by atoms with E-state index in [9.17, 15) is 9.59 Å². The lowest BCUT2D eigenvalue weighted by atomic mass is 9.92. The Morgan fingerprint density at radius 3 is 1.97 bits per heavy atom. The smallest absolute Gasteiger partial charge is 0.243 e. The molecule has 0 heterocycles. The zero-order chi connectivity index (χ0) is 23.0. The summed E-state index contributed by atoms with van der Waals surface area (Å²) >= 11 is 0. The van der Waals surface area contributed by atoms with Gasteiger partial charge in [0.25, 0.3) is 0 Å². The lowest BCUT2D eigenvalue weighted by Gasteiger charge is -2.23. The standard InChI is InChI=1S/C26H37N3O2/c1-7-18(4)21-11-13-22(14-12-21)25(17(2)3)28-15-23(30)27-16-24(31)29-26-19(5)9-8-10-20(26)6/h8-14,17-18,25,28H,7,15-16H2,1-6H3,(H,27,30)(H,29,31)/t18-,25+/m0/s1. The van der Waals surface area contributed by atoms with Crippen LogP contribution in [0.1, 0.15) is 68.3 Å². The fourth-order valence-corrected chi connectivity index (χ4v) is 3.65. The van der Waals surface area contributed by atoms with Gasteiger partial charge in [-0.25, -0.2) is 0 Å². The maximum absolute atomic E-state index is 12.3. The van der Waals surface area contributed by atoms with Gasteiger partial charge < -0.3 is 16.0 Å². The summed E-state index contributed by atoms with van der Waals surface area (Å²) in [7, 11) is 0. The minimum atomic E-state index is -0.230. The summed E-state index contributed by atoms with van der Waals surface area (Å²) in [4.78, 5) is 24.6. The monoisotopic (exact) mass is 423 g/mol. The van der Waals surface area contributed by atoms with E-state index in [1.807, 2.05) is 32.0 Å². The molecule has 2 aromatic carbocycles. The van der Waals surface area contributed by atoms with Gasteiger partial charge in [-0.3, -0.25) is 9.59 Å². The topological polar surface area (TPSA) is 70.2 Å². The molecule has 31 heavy (non-hydrogen) atoms. The molecule has 2 amide bonds. The number of amides is 2. The Balaban J connectivity index is 1.87. The number of carbonyl (C=O) groups excluding carboxylic acids is 2. The Morgan fingerprint density at radius 1 is 0.839 bits per heavy atom. The summed E-state index contributed by atoms with van der Waals surface area (Å²) in [6.07, 6.45) is 1.11. The van der Waals surface area contributed by atoms with Gasteiger partial charge in [-0.15, -0.1) is 0 Å². The molecular formula is C26H37N3O2. The van der Waals surface area contributed by atoms with Crippen LogP contribution < -0.4 is 16.0 Å². The van der Waals surface area contributed by atoms with Crippen LogP contribution in [-0.2, 0) is 9.59 Å². The van der Waals surface area contributed by atoms with Crippen molar-refractivity contribution in [2.45, 2.75) is 59.9 Å². The molecule has 2 aromatic rings. The second-order valence-electron chi connectivity index (χ2n) is 8.67. The van der Waals surface area contributed by atoms with E-state index in [0.717, 1.165) is 23.2 Å². The molecule has 0 aliphatic heterocycles. The summed E-state index contributed by atoms with van der Waals surface area (Å²) in [5, 5.41) is 8.94. The highest BCUT2D eigenvalue weighted by molar-refractivity contribution is 5.95. The van der Waals surface area contributed by atoms with Crippen LogP contribution in [-0.4, -0.2) is 24.9 Å². The molecule has 5 nitrogen and oxygen atoms in total. The summed E-state index contributed by atoms with van der Waals surface area (Å²) in [6, 6.07) is 14.6. The molecule has 0 aliphatic rings. The molecule has 0 bridgehead atoms. The Hall–Kier alpha value is -2.66. The lowest BCUT2D eigenvalue weighted by Crippen LogP contribution is -2.40. The third-order valence-corrected chi connectivity index (χ3v) is 5.82. The molecule has 3 N–H and O–H groups in total. The van der Waals surface area contributed by atoms with Crippen LogP contribution in [0.15, 0.2) is 42.5 Å². The normalized spacial score (nSPS) is 13.0. The fourth-order valence-electron chi connectivity index (χ4n) is 3.65. The first kappa shape index (κ1) is 24.6. The Morgan fingerprint density at radius 2 is 1.42 bits per heavy atom. The van der Waals surface area contributed by atoms with Crippen LogP contribution in [0.25, 0.3) is 0 Å². The highest BCUT2D eigenvalue weighted by Crippen LogP contribution is 2.25. The number of nitrogens with one attached hydrogen (secondary N) is 3. The first-order valence-electron chi connectivity index (χ1n) is 11.2. The third-order valence-electron chi connectivity index (χ3n) is 5.82. The molecule has 0 spiro atoms. The van der Waals surface area contributed by atoms with Crippen LogP contribution in [0, 0.1) is 19.8 Å². The predicted octanol–water partition coefficient (Wildman–Crippen LogP) is 4.86. The Kier molecular flexibility index (Phi) is 9.25. The van der Waals surface area contributed by atoms with E-state index in [4.69, 9.17) is 0 Å². The van der Waals surface area contributed by atoms with Crippen molar-refractivity contribution in [1.29, 1.82) is 0 Å². The van der Waals surface area contributed by atoms with Gasteiger partial charge >= 0.3 is 0 Å². The number of para-hydroxylation sites is 1. The van der Waals surface area contributed by atoms with Crippen molar-refractivity contribution in [3.63, 3.8) is 0 Å². The molecule has 0 aromatic heterocycles. The molecule has 168 valence electrons. The molecule has 2 atom stereocenters. The van der Waals surface area contributed by atoms with Crippen LogP contribution in [0.5, 0.6) is 0 Å².